The number of hydrogen-bond donors (Lipinski definition) is 0. The van der Waals surface area contributed by atoms with Crippen molar-refractivity contribution in [3.63, 3.8) is 0 Å². The van der Waals surface area contributed by atoms with Gasteiger partial charge in [0, 0.05) is 12.8 Å². The zero-order valence-electron chi connectivity index (χ0n) is 6.72. The van der Waals surface area contributed by atoms with Crippen molar-refractivity contribution in [2.24, 2.45) is 0 Å². The smallest absolute Gasteiger partial charge is 0.191 e. The predicted octanol–water partition coefficient (Wildman–Crippen LogP) is 2.50. The third kappa shape index (κ3) is 1.38. The van der Waals surface area contributed by atoms with Crippen LogP contribution in [0.15, 0.2) is 10.7 Å². The van der Waals surface area contributed by atoms with Gasteiger partial charge < -0.3 is 4.42 Å². The lowest BCUT2D eigenvalue weighted by atomic mass is 10.1. The van der Waals surface area contributed by atoms with E-state index in [9.17, 15) is 0 Å². The zero-order chi connectivity index (χ0) is 7.56. The highest BCUT2D eigenvalue weighted by atomic mass is 16.3. The van der Waals surface area contributed by atoms with Crippen molar-refractivity contribution in [2.45, 2.75) is 33.1 Å². The minimum atomic E-state index is 0.525. The fourth-order valence-corrected chi connectivity index (χ4v) is 0.816. The van der Waals surface area contributed by atoms with E-state index in [1.165, 1.54) is 0 Å². The van der Waals surface area contributed by atoms with Crippen LogP contribution < -0.4 is 0 Å². The second-order valence-electron chi connectivity index (χ2n) is 2.60. The summed E-state index contributed by atoms with van der Waals surface area (Å²) >= 11 is 0. The highest BCUT2D eigenvalue weighted by Gasteiger charge is 2.06. The lowest BCUT2D eigenvalue weighted by Crippen LogP contribution is -1.90. The van der Waals surface area contributed by atoms with Crippen molar-refractivity contribution >= 4 is 0 Å². The Balaban J connectivity index is 2.74. The van der Waals surface area contributed by atoms with Gasteiger partial charge in [0.2, 0.25) is 0 Å². The van der Waals surface area contributed by atoms with E-state index in [2.05, 4.69) is 18.8 Å². The summed E-state index contributed by atoms with van der Waals surface area (Å²) < 4.78 is 5.08. The Morgan fingerprint density at radius 1 is 1.70 bits per heavy atom. The Morgan fingerprint density at radius 3 is 2.80 bits per heavy atom. The average Bonchev–Trinajstić information content (AvgIpc) is 2.34. The summed E-state index contributed by atoms with van der Waals surface area (Å²) in [5, 5.41) is 0. The normalized spacial score (nSPS) is 13.5. The van der Waals surface area contributed by atoms with Crippen molar-refractivity contribution in [1.82, 2.24) is 4.98 Å². The van der Waals surface area contributed by atoms with Gasteiger partial charge in [-0.1, -0.05) is 13.8 Å². The Kier molecular flexibility index (Phi) is 2.10. The van der Waals surface area contributed by atoms with E-state index in [4.69, 9.17) is 4.42 Å². The van der Waals surface area contributed by atoms with Gasteiger partial charge in [-0.25, -0.2) is 4.98 Å². The standard InChI is InChI=1S/C8H13NO/c1-4-6(2)8-5-10-7(3)9-8/h5-6H,4H2,1-3H3. The van der Waals surface area contributed by atoms with Crippen molar-refractivity contribution in [3.05, 3.63) is 17.8 Å². The summed E-state index contributed by atoms with van der Waals surface area (Å²) in [6, 6.07) is 0. The van der Waals surface area contributed by atoms with Gasteiger partial charge in [-0.15, -0.1) is 0 Å². The Bertz CT molecular complexity index is 205. The first-order valence-corrected chi connectivity index (χ1v) is 3.66. The van der Waals surface area contributed by atoms with Crippen molar-refractivity contribution in [2.75, 3.05) is 0 Å². The number of aromatic nitrogens is 1. The van der Waals surface area contributed by atoms with Gasteiger partial charge in [0.15, 0.2) is 5.89 Å². The molecule has 0 radical (unpaired) electrons. The van der Waals surface area contributed by atoms with Gasteiger partial charge >= 0.3 is 0 Å². The highest BCUT2D eigenvalue weighted by Crippen LogP contribution is 2.16. The third-order valence-electron chi connectivity index (χ3n) is 1.75. The third-order valence-corrected chi connectivity index (χ3v) is 1.75. The highest BCUT2D eigenvalue weighted by molar-refractivity contribution is 5.01. The number of nitrogens with zero attached hydrogens (tertiary/aromatic N) is 1. The predicted molar refractivity (Wildman–Crippen MR) is 39.9 cm³/mol. The van der Waals surface area contributed by atoms with Gasteiger partial charge in [0.05, 0.1) is 5.69 Å². The van der Waals surface area contributed by atoms with E-state index >= 15 is 0 Å². The molecule has 0 aliphatic rings. The van der Waals surface area contributed by atoms with Gasteiger partial charge in [-0.3, -0.25) is 0 Å². The molecule has 0 aliphatic carbocycles. The molecule has 1 rings (SSSR count). The average molecular weight is 139 g/mol. The SMILES string of the molecule is CCC(C)c1coc(C)n1. The van der Waals surface area contributed by atoms with Crippen LogP contribution >= 0.6 is 0 Å². The van der Waals surface area contributed by atoms with Crippen LogP contribution in [0.1, 0.15) is 37.8 Å². The maximum Gasteiger partial charge on any atom is 0.191 e. The van der Waals surface area contributed by atoms with E-state index in [1.807, 2.05) is 6.92 Å². The van der Waals surface area contributed by atoms with Crippen LogP contribution in [-0.2, 0) is 0 Å². The molecule has 0 spiro atoms. The van der Waals surface area contributed by atoms with Crippen LogP contribution in [0.4, 0.5) is 0 Å². The first-order valence-electron chi connectivity index (χ1n) is 3.66. The molecule has 0 aromatic carbocycles. The molecule has 0 saturated carbocycles. The molecule has 10 heavy (non-hydrogen) atoms. The molecule has 0 N–H and O–H groups in total. The Hall–Kier alpha value is -0.790. The first kappa shape index (κ1) is 7.32. The van der Waals surface area contributed by atoms with Gasteiger partial charge in [-0.2, -0.15) is 0 Å². The lowest BCUT2D eigenvalue weighted by Gasteiger charge is -2.00. The van der Waals surface area contributed by atoms with E-state index in [1.54, 1.807) is 6.26 Å². The van der Waals surface area contributed by atoms with Crippen molar-refractivity contribution in [3.8, 4) is 0 Å². The van der Waals surface area contributed by atoms with E-state index < -0.39 is 0 Å². The molecule has 0 bridgehead atoms. The van der Waals surface area contributed by atoms with Crippen molar-refractivity contribution < 1.29 is 4.42 Å². The monoisotopic (exact) mass is 139 g/mol. The fourth-order valence-electron chi connectivity index (χ4n) is 0.816. The molecule has 1 aromatic heterocycles. The van der Waals surface area contributed by atoms with Crippen LogP contribution in [-0.4, -0.2) is 4.98 Å². The minimum absolute atomic E-state index is 0.525. The van der Waals surface area contributed by atoms with Crippen molar-refractivity contribution in [1.29, 1.82) is 0 Å². The summed E-state index contributed by atoms with van der Waals surface area (Å²) in [6.07, 6.45) is 2.86. The first-order chi connectivity index (χ1) is 4.74. The summed E-state index contributed by atoms with van der Waals surface area (Å²) in [5.74, 6) is 1.28. The van der Waals surface area contributed by atoms with Gasteiger partial charge in [0.25, 0.3) is 0 Å². The van der Waals surface area contributed by atoms with E-state index in [0.717, 1.165) is 18.0 Å². The van der Waals surface area contributed by atoms with Crippen LogP contribution in [0, 0.1) is 6.92 Å². The minimum Gasteiger partial charge on any atom is -0.449 e. The number of rotatable bonds is 2. The van der Waals surface area contributed by atoms with Crippen LogP contribution in [0.25, 0.3) is 0 Å². The van der Waals surface area contributed by atoms with Crippen LogP contribution in [0.5, 0.6) is 0 Å². The fraction of sp³-hybridized carbons (Fsp3) is 0.625. The Morgan fingerprint density at radius 2 is 2.40 bits per heavy atom. The van der Waals surface area contributed by atoms with Gasteiger partial charge in [0.1, 0.15) is 6.26 Å². The molecule has 2 nitrogen and oxygen atoms in total. The largest absolute Gasteiger partial charge is 0.449 e. The maximum absolute atomic E-state index is 5.08. The molecule has 1 atom stereocenters. The van der Waals surface area contributed by atoms with Gasteiger partial charge in [-0.05, 0) is 6.42 Å². The molecule has 0 saturated heterocycles. The molecule has 0 aliphatic heterocycles. The molecule has 1 unspecified atom stereocenters. The summed E-state index contributed by atoms with van der Waals surface area (Å²) in [6.45, 7) is 6.16. The lowest BCUT2D eigenvalue weighted by molar-refractivity contribution is 0.519. The molecular formula is C8H13NO. The molecule has 2 heteroatoms. The zero-order valence-corrected chi connectivity index (χ0v) is 6.72. The van der Waals surface area contributed by atoms with Crippen LogP contribution in [0.2, 0.25) is 0 Å². The quantitative estimate of drug-likeness (QED) is 0.629. The molecule has 0 amide bonds. The van der Waals surface area contributed by atoms with E-state index in [-0.39, 0.29) is 0 Å². The molecular weight excluding hydrogens is 126 g/mol. The molecule has 0 fully saturated rings. The van der Waals surface area contributed by atoms with Crippen LogP contribution in [0.3, 0.4) is 0 Å². The summed E-state index contributed by atoms with van der Waals surface area (Å²) in [7, 11) is 0. The number of aryl methyl sites for hydroxylation is 1. The number of hydrogen-bond acceptors (Lipinski definition) is 2. The molecule has 1 aromatic rings. The number of oxazole rings is 1. The van der Waals surface area contributed by atoms with E-state index in [0.29, 0.717) is 5.92 Å². The molecule has 1 heterocycles. The second kappa shape index (κ2) is 2.86. The second-order valence-corrected chi connectivity index (χ2v) is 2.60. The summed E-state index contributed by atoms with van der Waals surface area (Å²) in [4.78, 5) is 4.21. The maximum atomic E-state index is 5.08. The topological polar surface area (TPSA) is 26.0 Å². The Labute approximate surface area is 61.3 Å². The summed E-state index contributed by atoms with van der Waals surface area (Å²) in [5.41, 5.74) is 1.07. The molecule has 56 valence electrons.